The highest BCUT2D eigenvalue weighted by Crippen LogP contribution is 2.12. The second kappa shape index (κ2) is 8.26. The standard InChI is InChI=1S/C16H23N5O2/c1-4-13-5-7-14(8-6-13)23-11-16(22)17-10-9-15-18-19-20-21(15)12(2)3/h5-8,12H,4,9-11H2,1-3H3,(H,17,22). The van der Waals surface area contributed by atoms with Gasteiger partial charge in [0.2, 0.25) is 0 Å². The molecule has 0 saturated heterocycles. The van der Waals surface area contributed by atoms with Gasteiger partial charge in [-0.05, 0) is 48.4 Å². The molecular formula is C16H23N5O2. The number of rotatable bonds is 8. The molecule has 0 bridgehead atoms. The van der Waals surface area contributed by atoms with Crippen LogP contribution in [-0.2, 0) is 17.6 Å². The molecule has 0 fully saturated rings. The molecule has 0 atom stereocenters. The van der Waals surface area contributed by atoms with Crippen LogP contribution in [0.15, 0.2) is 24.3 Å². The number of hydrogen-bond donors (Lipinski definition) is 1. The molecule has 0 spiro atoms. The second-order valence-electron chi connectivity index (χ2n) is 5.52. The zero-order valence-electron chi connectivity index (χ0n) is 13.8. The zero-order chi connectivity index (χ0) is 16.7. The van der Waals surface area contributed by atoms with Crippen molar-refractivity contribution in [2.45, 2.75) is 39.7 Å². The third-order valence-corrected chi connectivity index (χ3v) is 3.42. The minimum Gasteiger partial charge on any atom is -0.484 e. The molecule has 0 unspecified atom stereocenters. The summed E-state index contributed by atoms with van der Waals surface area (Å²) < 4.78 is 7.21. The molecule has 2 aromatic rings. The average Bonchev–Trinajstić information content (AvgIpc) is 3.02. The van der Waals surface area contributed by atoms with Crippen LogP contribution < -0.4 is 10.1 Å². The molecule has 2 rings (SSSR count). The van der Waals surface area contributed by atoms with E-state index in [9.17, 15) is 4.79 Å². The number of hydrogen-bond acceptors (Lipinski definition) is 5. The minimum atomic E-state index is -0.159. The maximum absolute atomic E-state index is 11.8. The van der Waals surface area contributed by atoms with Crippen LogP contribution in [0.3, 0.4) is 0 Å². The van der Waals surface area contributed by atoms with E-state index in [0.29, 0.717) is 18.7 Å². The Bertz CT molecular complexity index is 622. The Labute approximate surface area is 136 Å². The fraction of sp³-hybridized carbons (Fsp3) is 0.500. The molecule has 7 heteroatoms. The molecular weight excluding hydrogens is 294 g/mol. The predicted octanol–water partition coefficient (Wildman–Crippen LogP) is 1.55. The lowest BCUT2D eigenvalue weighted by Gasteiger charge is -2.09. The smallest absolute Gasteiger partial charge is 0.257 e. The van der Waals surface area contributed by atoms with Crippen LogP contribution in [0.4, 0.5) is 0 Å². The van der Waals surface area contributed by atoms with E-state index >= 15 is 0 Å². The van der Waals surface area contributed by atoms with Gasteiger partial charge in [-0.15, -0.1) is 5.10 Å². The molecule has 1 heterocycles. The summed E-state index contributed by atoms with van der Waals surface area (Å²) in [6.07, 6.45) is 1.57. The first-order valence-corrected chi connectivity index (χ1v) is 7.85. The number of aryl methyl sites for hydroxylation is 1. The SMILES string of the molecule is CCc1ccc(OCC(=O)NCCc2nnnn2C(C)C)cc1. The molecule has 1 N–H and O–H groups in total. The van der Waals surface area contributed by atoms with Gasteiger partial charge in [0.15, 0.2) is 12.4 Å². The average molecular weight is 317 g/mol. The summed E-state index contributed by atoms with van der Waals surface area (Å²) >= 11 is 0. The molecule has 1 amide bonds. The molecule has 0 aliphatic carbocycles. The summed E-state index contributed by atoms with van der Waals surface area (Å²) in [4.78, 5) is 11.8. The van der Waals surface area contributed by atoms with Crippen molar-refractivity contribution >= 4 is 5.91 Å². The molecule has 1 aromatic heterocycles. The highest BCUT2D eigenvalue weighted by molar-refractivity contribution is 5.77. The Kier molecular flexibility index (Phi) is 6.08. The number of nitrogens with zero attached hydrogens (tertiary/aromatic N) is 4. The lowest BCUT2D eigenvalue weighted by atomic mass is 10.2. The van der Waals surface area contributed by atoms with E-state index in [-0.39, 0.29) is 18.6 Å². The monoisotopic (exact) mass is 317 g/mol. The van der Waals surface area contributed by atoms with Crippen molar-refractivity contribution in [3.63, 3.8) is 0 Å². The van der Waals surface area contributed by atoms with E-state index < -0.39 is 0 Å². The molecule has 23 heavy (non-hydrogen) atoms. The van der Waals surface area contributed by atoms with E-state index in [1.807, 2.05) is 38.1 Å². The van der Waals surface area contributed by atoms with Gasteiger partial charge >= 0.3 is 0 Å². The van der Waals surface area contributed by atoms with E-state index in [0.717, 1.165) is 12.2 Å². The Balaban J connectivity index is 1.71. The first-order chi connectivity index (χ1) is 11.1. The molecule has 1 aromatic carbocycles. The normalized spacial score (nSPS) is 10.8. The van der Waals surface area contributed by atoms with Crippen molar-refractivity contribution in [2.24, 2.45) is 0 Å². The highest BCUT2D eigenvalue weighted by Gasteiger charge is 2.09. The largest absolute Gasteiger partial charge is 0.484 e. The Morgan fingerprint density at radius 2 is 2.04 bits per heavy atom. The van der Waals surface area contributed by atoms with Gasteiger partial charge in [-0.1, -0.05) is 19.1 Å². The lowest BCUT2D eigenvalue weighted by Crippen LogP contribution is -2.31. The molecule has 0 aliphatic rings. The van der Waals surface area contributed by atoms with Crippen molar-refractivity contribution < 1.29 is 9.53 Å². The number of tetrazole rings is 1. The summed E-state index contributed by atoms with van der Waals surface area (Å²) in [5.74, 6) is 1.30. The number of ether oxygens (including phenoxy) is 1. The quantitative estimate of drug-likeness (QED) is 0.799. The third-order valence-electron chi connectivity index (χ3n) is 3.42. The van der Waals surface area contributed by atoms with Crippen molar-refractivity contribution in [2.75, 3.05) is 13.2 Å². The van der Waals surface area contributed by atoms with Crippen LogP contribution in [-0.4, -0.2) is 39.3 Å². The Morgan fingerprint density at radius 1 is 1.30 bits per heavy atom. The van der Waals surface area contributed by atoms with E-state index in [1.165, 1.54) is 5.56 Å². The zero-order valence-corrected chi connectivity index (χ0v) is 13.8. The van der Waals surface area contributed by atoms with Crippen LogP contribution in [0.2, 0.25) is 0 Å². The number of benzene rings is 1. The number of aromatic nitrogens is 4. The summed E-state index contributed by atoms with van der Waals surface area (Å²) in [6.45, 7) is 6.59. The first-order valence-electron chi connectivity index (χ1n) is 7.85. The molecule has 124 valence electrons. The Hall–Kier alpha value is -2.44. The van der Waals surface area contributed by atoms with Gasteiger partial charge in [0.05, 0.1) is 6.04 Å². The van der Waals surface area contributed by atoms with E-state index in [4.69, 9.17) is 4.74 Å². The predicted molar refractivity (Wildman–Crippen MR) is 86.2 cm³/mol. The van der Waals surface area contributed by atoms with Crippen molar-refractivity contribution in [3.8, 4) is 5.75 Å². The molecule has 0 radical (unpaired) electrons. The van der Waals surface area contributed by atoms with Gasteiger partial charge in [0.25, 0.3) is 5.91 Å². The molecule has 7 nitrogen and oxygen atoms in total. The van der Waals surface area contributed by atoms with Gasteiger partial charge in [-0.2, -0.15) is 0 Å². The summed E-state index contributed by atoms with van der Waals surface area (Å²) in [5.41, 5.74) is 1.24. The Morgan fingerprint density at radius 3 is 2.70 bits per heavy atom. The third kappa shape index (κ3) is 5.05. The number of amides is 1. The number of carbonyl (C=O) groups is 1. The van der Waals surface area contributed by atoms with Crippen LogP contribution in [0, 0.1) is 0 Å². The van der Waals surface area contributed by atoms with Gasteiger partial charge in [-0.25, -0.2) is 4.68 Å². The van der Waals surface area contributed by atoms with Gasteiger partial charge in [0, 0.05) is 13.0 Å². The van der Waals surface area contributed by atoms with Crippen LogP contribution in [0.1, 0.15) is 38.2 Å². The first kappa shape index (κ1) is 16.9. The second-order valence-corrected chi connectivity index (χ2v) is 5.52. The summed E-state index contributed by atoms with van der Waals surface area (Å²) in [6, 6.07) is 7.95. The lowest BCUT2D eigenvalue weighted by molar-refractivity contribution is -0.123. The van der Waals surface area contributed by atoms with Gasteiger partial charge < -0.3 is 10.1 Å². The summed E-state index contributed by atoms with van der Waals surface area (Å²) in [7, 11) is 0. The van der Waals surface area contributed by atoms with Crippen molar-refractivity contribution in [1.29, 1.82) is 0 Å². The number of nitrogens with one attached hydrogen (secondary N) is 1. The summed E-state index contributed by atoms with van der Waals surface area (Å²) in [5, 5.41) is 14.3. The number of carbonyl (C=O) groups excluding carboxylic acids is 1. The fourth-order valence-corrected chi connectivity index (χ4v) is 2.11. The van der Waals surface area contributed by atoms with E-state index in [1.54, 1.807) is 4.68 Å². The van der Waals surface area contributed by atoms with Crippen LogP contribution in [0.25, 0.3) is 0 Å². The molecule has 0 aliphatic heterocycles. The molecule has 0 saturated carbocycles. The van der Waals surface area contributed by atoms with Crippen molar-refractivity contribution in [1.82, 2.24) is 25.5 Å². The maximum atomic E-state index is 11.8. The maximum Gasteiger partial charge on any atom is 0.257 e. The topological polar surface area (TPSA) is 81.9 Å². The highest BCUT2D eigenvalue weighted by atomic mass is 16.5. The minimum absolute atomic E-state index is 0.000588. The van der Waals surface area contributed by atoms with E-state index in [2.05, 4.69) is 27.8 Å². The van der Waals surface area contributed by atoms with Crippen LogP contribution >= 0.6 is 0 Å². The van der Waals surface area contributed by atoms with Crippen molar-refractivity contribution in [3.05, 3.63) is 35.7 Å². The van der Waals surface area contributed by atoms with Gasteiger partial charge in [-0.3, -0.25) is 4.79 Å². The van der Waals surface area contributed by atoms with Gasteiger partial charge in [0.1, 0.15) is 5.75 Å². The fourth-order valence-electron chi connectivity index (χ4n) is 2.11. The van der Waals surface area contributed by atoms with Crippen LogP contribution in [0.5, 0.6) is 5.75 Å².